The third kappa shape index (κ3) is 3.61. The van der Waals surface area contributed by atoms with Crippen molar-refractivity contribution in [2.45, 2.75) is 6.18 Å². The lowest BCUT2D eigenvalue weighted by Gasteiger charge is -2.17. The average molecular weight is 315 g/mol. The zero-order valence-electron chi connectivity index (χ0n) is 11.3. The molecule has 21 heavy (non-hydrogen) atoms. The fraction of sp³-hybridized carbons (Fsp3) is 0.231. The van der Waals surface area contributed by atoms with Crippen molar-refractivity contribution in [3.63, 3.8) is 0 Å². The maximum absolute atomic E-state index is 12.9. The Morgan fingerprint density at radius 3 is 2.48 bits per heavy atom. The second-order valence-electron chi connectivity index (χ2n) is 4.78. The monoisotopic (exact) mass is 315 g/mol. The van der Waals surface area contributed by atoms with E-state index in [9.17, 15) is 17.7 Å². The molecule has 1 aromatic heterocycles. The van der Waals surface area contributed by atoms with Crippen LogP contribution in [0.4, 0.5) is 24.7 Å². The van der Waals surface area contributed by atoms with Crippen molar-refractivity contribution in [2.24, 2.45) is 0 Å². The first kappa shape index (κ1) is 15.5. The van der Waals surface area contributed by atoms with Crippen LogP contribution in [0, 0.1) is 0 Å². The third-order valence-electron chi connectivity index (χ3n) is 2.75. The number of hydrogen-bond donors (Lipinski definition) is 1. The van der Waals surface area contributed by atoms with Crippen molar-refractivity contribution in [1.82, 2.24) is 9.97 Å². The number of para-hydroxylation sites is 1. The van der Waals surface area contributed by atoms with Crippen LogP contribution >= 0.6 is 7.14 Å². The molecule has 0 aliphatic carbocycles. The summed E-state index contributed by atoms with van der Waals surface area (Å²) in [5.74, 6) is -0.363. The summed E-state index contributed by atoms with van der Waals surface area (Å²) in [6.07, 6.45) is -2.84. The van der Waals surface area contributed by atoms with Crippen LogP contribution in [0.2, 0.25) is 0 Å². The maximum Gasteiger partial charge on any atom is 0.421 e. The van der Waals surface area contributed by atoms with Gasteiger partial charge < -0.3 is 9.88 Å². The molecule has 0 atom stereocenters. The number of halogens is 3. The molecule has 2 aromatic rings. The number of alkyl halides is 3. The number of benzene rings is 1. The van der Waals surface area contributed by atoms with Crippen LogP contribution in [0.25, 0.3) is 0 Å². The summed E-state index contributed by atoms with van der Waals surface area (Å²) >= 11 is 0. The molecule has 0 radical (unpaired) electrons. The Kier molecular flexibility index (Phi) is 4.05. The lowest BCUT2D eigenvalue weighted by atomic mass is 10.2. The summed E-state index contributed by atoms with van der Waals surface area (Å²) in [4.78, 5) is 7.03. The molecule has 8 heteroatoms. The summed E-state index contributed by atoms with van der Waals surface area (Å²) in [6.45, 7) is 3.11. The predicted molar refractivity (Wildman–Crippen MR) is 75.8 cm³/mol. The molecule has 0 amide bonds. The average Bonchev–Trinajstić information content (AvgIpc) is 2.37. The van der Waals surface area contributed by atoms with Gasteiger partial charge in [0.05, 0.1) is 5.69 Å². The highest BCUT2D eigenvalue weighted by atomic mass is 31.2. The van der Waals surface area contributed by atoms with Crippen LogP contribution in [0.15, 0.2) is 36.8 Å². The second kappa shape index (κ2) is 5.48. The molecule has 0 aliphatic rings. The second-order valence-corrected chi connectivity index (χ2v) is 7.96. The van der Waals surface area contributed by atoms with E-state index in [1.807, 2.05) is 0 Å². The highest BCUT2D eigenvalue weighted by Gasteiger charge is 2.35. The minimum Gasteiger partial charge on any atom is -0.339 e. The molecule has 0 fully saturated rings. The van der Waals surface area contributed by atoms with Crippen molar-refractivity contribution in [1.29, 1.82) is 0 Å². The van der Waals surface area contributed by atoms with Gasteiger partial charge in [0.1, 0.15) is 24.9 Å². The van der Waals surface area contributed by atoms with Gasteiger partial charge in [-0.2, -0.15) is 13.2 Å². The van der Waals surface area contributed by atoms with Crippen molar-refractivity contribution >= 4 is 24.0 Å². The Morgan fingerprint density at radius 2 is 1.86 bits per heavy atom. The molecule has 0 bridgehead atoms. The minimum absolute atomic E-state index is 0.343. The van der Waals surface area contributed by atoms with Crippen LogP contribution < -0.4 is 10.6 Å². The summed E-state index contributed by atoms with van der Waals surface area (Å²) < 4.78 is 50.9. The van der Waals surface area contributed by atoms with Gasteiger partial charge in [-0.1, -0.05) is 12.1 Å². The molecule has 2 rings (SSSR count). The van der Waals surface area contributed by atoms with Crippen molar-refractivity contribution in [3.05, 3.63) is 42.4 Å². The Morgan fingerprint density at radius 1 is 1.19 bits per heavy atom. The first-order chi connectivity index (χ1) is 9.69. The van der Waals surface area contributed by atoms with Crippen LogP contribution in [0.5, 0.6) is 0 Å². The van der Waals surface area contributed by atoms with E-state index < -0.39 is 18.9 Å². The van der Waals surface area contributed by atoms with Gasteiger partial charge >= 0.3 is 6.18 Å². The number of aromatic nitrogens is 2. The summed E-state index contributed by atoms with van der Waals surface area (Å²) in [7, 11) is -2.64. The SMILES string of the molecule is CP(C)(=O)c1ccccc1Nc1ncncc1C(F)(F)F. The van der Waals surface area contributed by atoms with Gasteiger partial charge in [-0.25, -0.2) is 9.97 Å². The van der Waals surface area contributed by atoms with Gasteiger partial charge in [0.15, 0.2) is 0 Å². The first-order valence-corrected chi connectivity index (χ1v) is 8.58. The number of anilines is 2. The van der Waals surface area contributed by atoms with E-state index >= 15 is 0 Å². The quantitative estimate of drug-likeness (QED) is 0.881. The van der Waals surface area contributed by atoms with Crippen molar-refractivity contribution < 1.29 is 17.7 Å². The largest absolute Gasteiger partial charge is 0.421 e. The molecule has 0 spiro atoms. The molecule has 0 saturated heterocycles. The number of hydrogen-bond acceptors (Lipinski definition) is 4. The lowest BCUT2D eigenvalue weighted by Crippen LogP contribution is -2.14. The van der Waals surface area contributed by atoms with E-state index in [4.69, 9.17) is 0 Å². The molecular formula is C13H13F3N3OP. The standard InChI is InChI=1S/C13H13F3N3OP/c1-21(2,20)11-6-4-3-5-10(11)19-12-9(13(14,15)16)7-17-8-18-12/h3-8H,1-2H3,(H,17,18,19). The Hall–Kier alpha value is -1.88. The van der Waals surface area contributed by atoms with Crippen LogP contribution in [0.1, 0.15) is 5.56 Å². The lowest BCUT2D eigenvalue weighted by molar-refractivity contribution is -0.137. The zero-order chi connectivity index (χ0) is 15.7. The molecule has 112 valence electrons. The molecular weight excluding hydrogens is 302 g/mol. The van der Waals surface area contributed by atoms with Crippen molar-refractivity contribution in [3.8, 4) is 0 Å². The smallest absolute Gasteiger partial charge is 0.339 e. The topological polar surface area (TPSA) is 54.9 Å². The molecule has 1 aromatic carbocycles. The Labute approximate surface area is 119 Å². The number of nitrogens with zero attached hydrogens (tertiary/aromatic N) is 2. The van der Waals surface area contributed by atoms with E-state index in [0.29, 0.717) is 17.2 Å². The molecule has 1 heterocycles. The van der Waals surface area contributed by atoms with Crippen LogP contribution in [-0.4, -0.2) is 23.3 Å². The van der Waals surface area contributed by atoms with E-state index in [2.05, 4.69) is 15.3 Å². The van der Waals surface area contributed by atoms with E-state index in [1.54, 1.807) is 37.6 Å². The predicted octanol–water partition coefficient (Wildman–Crippen LogP) is 3.49. The normalized spacial score (nSPS) is 12.2. The minimum atomic E-state index is -4.57. The van der Waals surface area contributed by atoms with Crippen LogP contribution in [-0.2, 0) is 10.7 Å². The Balaban J connectivity index is 2.48. The molecule has 0 saturated carbocycles. The number of nitrogens with one attached hydrogen (secondary N) is 1. The van der Waals surface area contributed by atoms with Gasteiger partial charge in [-0.15, -0.1) is 0 Å². The highest BCUT2D eigenvalue weighted by molar-refractivity contribution is 7.70. The summed E-state index contributed by atoms with van der Waals surface area (Å²) in [6, 6.07) is 6.52. The van der Waals surface area contributed by atoms with Crippen molar-refractivity contribution in [2.75, 3.05) is 18.6 Å². The fourth-order valence-electron chi connectivity index (χ4n) is 1.81. The van der Waals surface area contributed by atoms with Crippen LogP contribution in [0.3, 0.4) is 0 Å². The van der Waals surface area contributed by atoms with Gasteiger partial charge in [-0.05, 0) is 25.5 Å². The summed E-state index contributed by atoms with van der Waals surface area (Å²) in [5.41, 5.74) is -0.628. The van der Waals surface area contributed by atoms with Gasteiger partial charge in [0.2, 0.25) is 0 Å². The maximum atomic E-state index is 12.9. The van der Waals surface area contributed by atoms with Gasteiger partial charge in [0.25, 0.3) is 0 Å². The van der Waals surface area contributed by atoms with E-state index in [0.717, 1.165) is 6.33 Å². The third-order valence-corrected chi connectivity index (χ3v) is 4.31. The van der Waals surface area contributed by atoms with E-state index in [1.165, 1.54) is 0 Å². The fourth-order valence-corrected chi connectivity index (χ4v) is 2.97. The molecule has 0 unspecified atom stereocenters. The number of rotatable bonds is 3. The Bertz CT molecular complexity index is 697. The van der Waals surface area contributed by atoms with Gasteiger partial charge in [-0.3, -0.25) is 0 Å². The van der Waals surface area contributed by atoms with Gasteiger partial charge in [0, 0.05) is 11.5 Å². The highest BCUT2D eigenvalue weighted by Crippen LogP contribution is 2.39. The molecule has 1 N–H and O–H groups in total. The molecule has 4 nitrogen and oxygen atoms in total. The zero-order valence-corrected chi connectivity index (χ0v) is 12.2. The molecule has 0 aliphatic heterocycles. The first-order valence-electron chi connectivity index (χ1n) is 5.98. The van der Waals surface area contributed by atoms with E-state index in [-0.39, 0.29) is 5.82 Å². The summed E-state index contributed by atoms with van der Waals surface area (Å²) in [5, 5.41) is 3.08.